The molecule has 1 atom stereocenters. The standard InChI is InChI=1S/C30H34Cl3N3O5S/c1-4-6-16-34-30(38)28(5-2)35(19-21-10-15-26(32)27(33)17-21)29(37)20-36(23-9-7-8-22(31)18-23)42(39,40)25-13-11-24(41-3)12-14-25/h7-15,17-18,28H,4-6,16,19-20H2,1-3H3,(H,34,38). The van der Waals surface area contributed by atoms with E-state index in [1.165, 1.54) is 42.3 Å². The lowest BCUT2D eigenvalue weighted by molar-refractivity contribution is -0.140. The van der Waals surface area contributed by atoms with Gasteiger partial charge in [0.15, 0.2) is 0 Å². The van der Waals surface area contributed by atoms with Crippen LogP contribution >= 0.6 is 34.8 Å². The number of nitrogens with one attached hydrogen (secondary N) is 1. The van der Waals surface area contributed by atoms with Crippen molar-refractivity contribution >= 4 is 62.3 Å². The molecule has 2 amide bonds. The third kappa shape index (κ3) is 8.53. The van der Waals surface area contributed by atoms with Gasteiger partial charge >= 0.3 is 0 Å². The lowest BCUT2D eigenvalue weighted by Crippen LogP contribution is -2.52. The summed E-state index contributed by atoms with van der Waals surface area (Å²) in [6.45, 7) is 3.68. The minimum Gasteiger partial charge on any atom is -0.497 e. The van der Waals surface area contributed by atoms with E-state index in [4.69, 9.17) is 39.5 Å². The Kier molecular flexibility index (Phi) is 12.4. The summed E-state index contributed by atoms with van der Waals surface area (Å²) in [5.74, 6) is -0.436. The van der Waals surface area contributed by atoms with Gasteiger partial charge in [-0.2, -0.15) is 0 Å². The molecule has 0 bridgehead atoms. The maximum absolute atomic E-state index is 14.1. The molecule has 3 rings (SSSR count). The summed E-state index contributed by atoms with van der Waals surface area (Å²) < 4.78 is 34.1. The van der Waals surface area contributed by atoms with Crippen LogP contribution in [0.15, 0.2) is 71.6 Å². The number of ether oxygens (including phenoxy) is 1. The van der Waals surface area contributed by atoms with Crippen molar-refractivity contribution in [3.8, 4) is 5.75 Å². The third-order valence-corrected chi connectivity index (χ3v) is 9.34. The van der Waals surface area contributed by atoms with E-state index in [2.05, 4.69) is 5.32 Å². The number of nitrogens with zero attached hydrogens (tertiary/aromatic N) is 2. The summed E-state index contributed by atoms with van der Waals surface area (Å²) in [5.41, 5.74) is 0.825. The van der Waals surface area contributed by atoms with Gasteiger partial charge in [0.1, 0.15) is 18.3 Å². The minimum atomic E-state index is -4.25. The molecule has 0 heterocycles. The lowest BCUT2D eigenvalue weighted by atomic mass is 10.1. The molecule has 0 saturated heterocycles. The molecule has 3 aromatic carbocycles. The maximum Gasteiger partial charge on any atom is 0.264 e. The number of sulfonamides is 1. The largest absolute Gasteiger partial charge is 0.497 e. The first-order valence-electron chi connectivity index (χ1n) is 13.4. The first kappa shape index (κ1) is 33.5. The molecule has 0 aromatic heterocycles. The van der Waals surface area contributed by atoms with Gasteiger partial charge in [0, 0.05) is 18.1 Å². The number of halogens is 3. The SMILES string of the molecule is CCCCNC(=O)C(CC)N(Cc1ccc(Cl)c(Cl)c1)C(=O)CN(c1cccc(Cl)c1)S(=O)(=O)c1ccc(OC)cc1. The highest BCUT2D eigenvalue weighted by Gasteiger charge is 2.33. The number of hydrogen-bond donors (Lipinski definition) is 1. The van der Waals surface area contributed by atoms with Crippen LogP contribution in [0.3, 0.4) is 0 Å². The Hall–Kier alpha value is -2.98. The molecule has 1 N–H and O–H groups in total. The summed E-state index contributed by atoms with van der Waals surface area (Å²) in [7, 11) is -2.77. The van der Waals surface area contributed by atoms with Gasteiger partial charge in [-0.3, -0.25) is 13.9 Å². The van der Waals surface area contributed by atoms with Gasteiger partial charge < -0.3 is 15.0 Å². The van der Waals surface area contributed by atoms with Gasteiger partial charge in [-0.25, -0.2) is 8.42 Å². The van der Waals surface area contributed by atoms with Gasteiger partial charge in [-0.05, 0) is 73.0 Å². The number of rotatable bonds is 14. The van der Waals surface area contributed by atoms with E-state index < -0.39 is 28.5 Å². The fourth-order valence-electron chi connectivity index (χ4n) is 4.30. The van der Waals surface area contributed by atoms with Crippen LogP contribution in [0.1, 0.15) is 38.7 Å². The Bertz CT molecular complexity index is 1490. The van der Waals surface area contributed by atoms with Crippen molar-refractivity contribution in [2.75, 3.05) is 24.5 Å². The van der Waals surface area contributed by atoms with Crippen molar-refractivity contribution in [3.63, 3.8) is 0 Å². The summed E-state index contributed by atoms with van der Waals surface area (Å²) in [6.07, 6.45) is 1.97. The topological polar surface area (TPSA) is 96.0 Å². The molecule has 0 saturated carbocycles. The Morgan fingerprint density at radius 2 is 1.67 bits per heavy atom. The van der Waals surface area contributed by atoms with E-state index in [0.29, 0.717) is 39.3 Å². The van der Waals surface area contributed by atoms with E-state index in [1.54, 1.807) is 43.3 Å². The average molecular weight is 655 g/mol. The molecule has 0 aliphatic heterocycles. The molecule has 8 nitrogen and oxygen atoms in total. The van der Waals surface area contributed by atoms with E-state index in [1.807, 2.05) is 6.92 Å². The smallest absolute Gasteiger partial charge is 0.264 e. The Labute approximate surface area is 262 Å². The number of anilines is 1. The molecule has 0 spiro atoms. The number of amides is 2. The lowest BCUT2D eigenvalue weighted by Gasteiger charge is -2.33. The first-order chi connectivity index (χ1) is 20.0. The summed E-state index contributed by atoms with van der Waals surface area (Å²) in [5, 5.41) is 3.83. The molecule has 226 valence electrons. The van der Waals surface area contributed by atoms with Crippen molar-refractivity contribution in [1.29, 1.82) is 0 Å². The summed E-state index contributed by atoms with van der Waals surface area (Å²) in [6, 6.07) is 16.1. The zero-order chi connectivity index (χ0) is 30.9. The molecule has 42 heavy (non-hydrogen) atoms. The number of carbonyl (C=O) groups excluding carboxylic acids is 2. The Morgan fingerprint density at radius 3 is 2.26 bits per heavy atom. The highest BCUT2D eigenvalue weighted by atomic mass is 35.5. The van der Waals surface area contributed by atoms with Gasteiger partial charge in [-0.15, -0.1) is 0 Å². The monoisotopic (exact) mass is 653 g/mol. The van der Waals surface area contributed by atoms with Gasteiger partial charge in [0.05, 0.1) is 27.7 Å². The van der Waals surface area contributed by atoms with Crippen molar-refractivity contribution in [2.24, 2.45) is 0 Å². The normalized spacial score (nSPS) is 12.0. The number of methoxy groups -OCH3 is 1. The number of unbranched alkanes of at least 4 members (excludes halogenated alkanes) is 1. The van der Waals surface area contributed by atoms with E-state index >= 15 is 0 Å². The zero-order valence-corrected chi connectivity index (χ0v) is 26.7. The second kappa shape index (κ2) is 15.5. The van der Waals surface area contributed by atoms with Crippen LogP contribution in [0.4, 0.5) is 5.69 Å². The predicted octanol–water partition coefficient (Wildman–Crippen LogP) is 6.57. The van der Waals surface area contributed by atoms with Crippen LogP contribution in [0.25, 0.3) is 0 Å². The van der Waals surface area contributed by atoms with E-state index in [-0.39, 0.29) is 23.0 Å². The minimum absolute atomic E-state index is 0.00138. The van der Waals surface area contributed by atoms with Crippen molar-refractivity contribution < 1.29 is 22.7 Å². The molecule has 0 aliphatic carbocycles. The van der Waals surface area contributed by atoms with E-state index in [0.717, 1.165) is 17.1 Å². The Morgan fingerprint density at radius 1 is 0.952 bits per heavy atom. The fraction of sp³-hybridized carbons (Fsp3) is 0.333. The van der Waals surface area contributed by atoms with Gasteiger partial charge in [0.25, 0.3) is 10.0 Å². The van der Waals surface area contributed by atoms with Crippen LogP contribution in [-0.2, 0) is 26.2 Å². The molecule has 0 aliphatic rings. The summed E-state index contributed by atoms with van der Waals surface area (Å²) in [4.78, 5) is 28.7. The predicted molar refractivity (Wildman–Crippen MR) is 168 cm³/mol. The van der Waals surface area contributed by atoms with Gasteiger partial charge in [0.2, 0.25) is 11.8 Å². The number of carbonyl (C=O) groups is 2. The number of benzene rings is 3. The molecular formula is C30H34Cl3N3O5S. The molecular weight excluding hydrogens is 621 g/mol. The highest BCUT2D eigenvalue weighted by Crippen LogP contribution is 2.29. The molecule has 0 fully saturated rings. The van der Waals surface area contributed by atoms with Crippen LogP contribution in [-0.4, -0.2) is 51.4 Å². The first-order valence-corrected chi connectivity index (χ1v) is 16.0. The van der Waals surface area contributed by atoms with Crippen LogP contribution in [0.5, 0.6) is 5.75 Å². The van der Waals surface area contributed by atoms with E-state index in [9.17, 15) is 18.0 Å². The van der Waals surface area contributed by atoms with Crippen LogP contribution in [0.2, 0.25) is 15.1 Å². The van der Waals surface area contributed by atoms with Crippen LogP contribution in [0, 0.1) is 0 Å². The van der Waals surface area contributed by atoms with Gasteiger partial charge in [-0.1, -0.05) is 67.2 Å². The number of hydrogen-bond acceptors (Lipinski definition) is 5. The molecule has 0 radical (unpaired) electrons. The molecule has 12 heteroatoms. The quantitative estimate of drug-likeness (QED) is 0.198. The Balaban J connectivity index is 2.05. The maximum atomic E-state index is 14.1. The molecule has 1 unspecified atom stereocenters. The average Bonchev–Trinajstić information content (AvgIpc) is 2.97. The summed E-state index contributed by atoms with van der Waals surface area (Å²) >= 11 is 18.6. The molecule has 3 aromatic rings. The third-order valence-electron chi connectivity index (χ3n) is 6.57. The van der Waals surface area contributed by atoms with Crippen molar-refractivity contribution in [1.82, 2.24) is 10.2 Å². The fourth-order valence-corrected chi connectivity index (χ4v) is 6.21. The van der Waals surface area contributed by atoms with Crippen molar-refractivity contribution in [2.45, 2.75) is 50.6 Å². The zero-order valence-electron chi connectivity index (χ0n) is 23.6. The van der Waals surface area contributed by atoms with Crippen molar-refractivity contribution in [3.05, 3.63) is 87.4 Å². The second-order valence-corrected chi connectivity index (χ2v) is 12.6. The van der Waals surface area contributed by atoms with Crippen LogP contribution < -0.4 is 14.4 Å². The highest BCUT2D eigenvalue weighted by molar-refractivity contribution is 7.92. The second-order valence-electron chi connectivity index (χ2n) is 9.51.